The minimum absolute atomic E-state index is 0.326. The predicted octanol–water partition coefficient (Wildman–Crippen LogP) is 7.29. The highest BCUT2D eigenvalue weighted by molar-refractivity contribution is 5.79. The summed E-state index contributed by atoms with van der Waals surface area (Å²) in [5, 5.41) is 9.36. The van der Waals surface area contributed by atoms with Gasteiger partial charge in [-0.25, -0.2) is 0 Å². The predicted molar refractivity (Wildman–Crippen MR) is 129 cm³/mol. The van der Waals surface area contributed by atoms with Crippen LogP contribution in [0.25, 0.3) is 0 Å². The summed E-state index contributed by atoms with van der Waals surface area (Å²) in [6.07, 6.45) is 16.0. The van der Waals surface area contributed by atoms with E-state index in [1.54, 1.807) is 0 Å². The van der Waals surface area contributed by atoms with Gasteiger partial charge in [0.1, 0.15) is 5.78 Å². The molecule has 0 heterocycles. The Bertz CT molecular complexity index is 643. The van der Waals surface area contributed by atoms with E-state index in [0.717, 1.165) is 36.0 Å². The van der Waals surface area contributed by atoms with Gasteiger partial charge in [0, 0.05) is 12.5 Å². The maximum atomic E-state index is 13.0. The maximum absolute atomic E-state index is 13.0. The molecule has 4 fully saturated rings. The van der Waals surface area contributed by atoms with Gasteiger partial charge in [0.2, 0.25) is 0 Å². The zero-order chi connectivity index (χ0) is 22.4. The minimum Gasteiger partial charge on any atom is -0.396 e. The molecule has 0 aliphatic heterocycles. The largest absolute Gasteiger partial charge is 0.396 e. The van der Waals surface area contributed by atoms with Crippen LogP contribution in [-0.4, -0.2) is 17.5 Å². The fourth-order valence-electron chi connectivity index (χ4n) is 9.79. The van der Waals surface area contributed by atoms with E-state index in [2.05, 4.69) is 27.7 Å². The molecule has 2 unspecified atom stereocenters. The molecule has 2 nitrogen and oxygen atoms in total. The van der Waals surface area contributed by atoms with Crippen molar-refractivity contribution >= 4 is 5.78 Å². The molecule has 10 atom stereocenters. The molecule has 2 heteroatoms. The highest BCUT2D eigenvalue weighted by Gasteiger charge is 2.63. The zero-order valence-electron chi connectivity index (χ0n) is 21.2. The molecule has 4 rings (SSSR count). The fraction of sp³-hybridized carbons (Fsp3) is 0.966. The van der Waals surface area contributed by atoms with Crippen molar-refractivity contribution < 1.29 is 9.90 Å². The summed E-state index contributed by atoms with van der Waals surface area (Å²) in [6, 6.07) is 0. The van der Waals surface area contributed by atoms with Crippen molar-refractivity contribution in [3.8, 4) is 0 Å². The lowest BCUT2D eigenvalue weighted by Crippen LogP contribution is -2.57. The van der Waals surface area contributed by atoms with E-state index < -0.39 is 0 Å². The molecule has 0 saturated heterocycles. The van der Waals surface area contributed by atoms with E-state index in [-0.39, 0.29) is 0 Å². The summed E-state index contributed by atoms with van der Waals surface area (Å²) in [5.41, 5.74) is 0.940. The van der Waals surface area contributed by atoms with Gasteiger partial charge in [0.05, 0.1) is 0 Å². The molecule has 0 radical (unpaired) electrons. The number of ketones is 1. The second-order valence-corrected chi connectivity index (χ2v) is 13.1. The second-order valence-electron chi connectivity index (χ2n) is 13.1. The molecule has 0 spiro atoms. The van der Waals surface area contributed by atoms with Crippen molar-refractivity contribution in [1.82, 2.24) is 0 Å². The average molecular weight is 431 g/mol. The highest BCUT2D eigenvalue weighted by Crippen LogP contribution is 2.69. The van der Waals surface area contributed by atoms with Gasteiger partial charge in [-0.05, 0) is 111 Å². The van der Waals surface area contributed by atoms with Crippen molar-refractivity contribution in [2.75, 3.05) is 6.61 Å². The Labute approximate surface area is 192 Å². The minimum atomic E-state index is 0.326. The standard InChI is InChI=1S/C29H50O2/c1-19(18-30)9-8-10-20(2)24-12-13-25-27-23(21(3)31)17-22-11-6-7-15-28(22,4)26(27)14-16-29(24,25)5/h19-20,22-27,30H,6-18H2,1-5H3/t19?,20-,22?,23-,24-,25+,26+,27+,28+,29-/m1/s1. The third-order valence-electron chi connectivity index (χ3n) is 11.6. The first kappa shape index (κ1) is 23.8. The van der Waals surface area contributed by atoms with Crippen LogP contribution in [0, 0.1) is 58.2 Å². The summed E-state index contributed by atoms with van der Waals surface area (Å²) in [4.78, 5) is 13.0. The van der Waals surface area contributed by atoms with Crippen LogP contribution in [0.15, 0.2) is 0 Å². The van der Waals surface area contributed by atoms with E-state index in [1.807, 2.05) is 6.92 Å². The Hall–Kier alpha value is -0.370. The number of hydrogen-bond donors (Lipinski definition) is 1. The van der Waals surface area contributed by atoms with Crippen LogP contribution in [-0.2, 0) is 4.79 Å². The molecule has 31 heavy (non-hydrogen) atoms. The van der Waals surface area contributed by atoms with Crippen LogP contribution >= 0.6 is 0 Å². The lowest BCUT2D eigenvalue weighted by molar-refractivity contribution is -0.156. The lowest BCUT2D eigenvalue weighted by atomic mass is 9.42. The Kier molecular flexibility index (Phi) is 6.99. The van der Waals surface area contributed by atoms with Crippen LogP contribution in [0.3, 0.4) is 0 Å². The molecule has 4 saturated carbocycles. The molecule has 0 aromatic heterocycles. The number of Topliss-reactive ketones (excluding diaryl/α,β-unsaturated/α-hetero) is 1. The Morgan fingerprint density at radius 1 is 0.968 bits per heavy atom. The number of aliphatic hydroxyl groups is 1. The monoisotopic (exact) mass is 430 g/mol. The molecular weight excluding hydrogens is 380 g/mol. The number of rotatable bonds is 7. The third kappa shape index (κ3) is 4.06. The van der Waals surface area contributed by atoms with E-state index >= 15 is 0 Å². The molecule has 0 aromatic rings. The topological polar surface area (TPSA) is 37.3 Å². The number of hydrogen-bond acceptors (Lipinski definition) is 2. The quantitative estimate of drug-likeness (QED) is 0.460. The Morgan fingerprint density at radius 3 is 2.42 bits per heavy atom. The second kappa shape index (κ2) is 9.11. The smallest absolute Gasteiger partial charge is 0.133 e. The van der Waals surface area contributed by atoms with Crippen molar-refractivity contribution in [2.45, 2.75) is 112 Å². The first-order chi connectivity index (χ1) is 14.7. The van der Waals surface area contributed by atoms with Crippen molar-refractivity contribution in [2.24, 2.45) is 58.2 Å². The fourth-order valence-corrected chi connectivity index (χ4v) is 9.79. The van der Waals surface area contributed by atoms with Gasteiger partial charge in [-0.1, -0.05) is 53.4 Å². The Morgan fingerprint density at radius 2 is 1.71 bits per heavy atom. The van der Waals surface area contributed by atoms with E-state index in [0.29, 0.717) is 41.0 Å². The maximum Gasteiger partial charge on any atom is 0.133 e. The number of carbonyl (C=O) groups is 1. The van der Waals surface area contributed by atoms with E-state index in [9.17, 15) is 9.90 Å². The van der Waals surface area contributed by atoms with E-state index in [4.69, 9.17) is 0 Å². The van der Waals surface area contributed by atoms with Gasteiger partial charge in [-0.2, -0.15) is 0 Å². The third-order valence-corrected chi connectivity index (χ3v) is 11.6. The summed E-state index contributed by atoms with van der Waals surface area (Å²) in [5.74, 6) is 5.89. The normalized spacial score (nSPS) is 46.5. The van der Waals surface area contributed by atoms with Crippen LogP contribution in [0.1, 0.15) is 112 Å². The summed E-state index contributed by atoms with van der Waals surface area (Å²) < 4.78 is 0. The van der Waals surface area contributed by atoms with Gasteiger partial charge in [-0.3, -0.25) is 4.79 Å². The lowest BCUT2D eigenvalue weighted by Gasteiger charge is -2.62. The van der Waals surface area contributed by atoms with Crippen LogP contribution < -0.4 is 0 Å². The zero-order valence-corrected chi connectivity index (χ0v) is 21.2. The molecule has 0 bridgehead atoms. The van der Waals surface area contributed by atoms with Crippen LogP contribution in [0.5, 0.6) is 0 Å². The molecule has 178 valence electrons. The SMILES string of the molecule is CC(=O)[C@H]1CC2CCCC[C@]2(C)[C@H]2CC[C@]3(C)[C@@H]([C@H](C)CCCC(C)CO)CC[C@H]3[C@H]12. The highest BCUT2D eigenvalue weighted by atomic mass is 16.3. The Balaban J connectivity index is 1.53. The molecule has 4 aliphatic rings. The molecule has 0 amide bonds. The van der Waals surface area contributed by atoms with Gasteiger partial charge in [0.15, 0.2) is 0 Å². The van der Waals surface area contributed by atoms with Crippen molar-refractivity contribution in [1.29, 1.82) is 0 Å². The van der Waals surface area contributed by atoms with E-state index in [1.165, 1.54) is 70.6 Å². The van der Waals surface area contributed by atoms with Crippen LogP contribution in [0.4, 0.5) is 0 Å². The first-order valence-electron chi connectivity index (χ1n) is 13.8. The van der Waals surface area contributed by atoms with Gasteiger partial charge in [-0.15, -0.1) is 0 Å². The first-order valence-corrected chi connectivity index (χ1v) is 13.8. The molecular formula is C29H50O2. The summed E-state index contributed by atoms with van der Waals surface area (Å²) in [7, 11) is 0. The van der Waals surface area contributed by atoms with Crippen molar-refractivity contribution in [3.63, 3.8) is 0 Å². The molecule has 1 N–H and O–H groups in total. The van der Waals surface area contributed by atoms with Crippen LogP contribution in [0.2, 0.25) is 0 Å². The number of aliphatic hydroxyl groups excluding tert-OH is 1. The molecule has 4 aliphatic carbocycles. The molecule has 0 aromatic carbocycles. The van der Waals surface area contributed by atoms with Gasteiger partial charge < -0.3 is 5.11 Å². The van der Waals surface area contributed by atoms with Crippen molar-refractivity contribution in [3.05, 3.63) is 0 Å². The number of carbonyl (C=O) groups excluding carboxylic acids is 1. The van der Waals surface area contributed by atoms with Gasteiger partial charge >= 0.3 is 0 Å². The number of fused-ring (bicyclic) bond motifs is 5. The summed E-state index contributed by atoms with van der Waals surface area (Å²) >= 11 is 0. The average Bonchev–Trinajstić information content (AvgIpc) is 3.09. The summed E-state index contributed by atoms with van der Waals surface area (Å²) in [6.45, 7) is 12.2. The van der Waals surface area contributed by atoms with Gasteiger partial charge in [0.25, 0.3) is 0 Å².